The number of benzene rings is 1. The number of carboxylic acids is 1. The number of carboxylic acid groups (broad SMARTS) is 1. The molecule has 1 aromatic rings. The van der Waals surface area contributed by atoms with Gasteiger partial charge in [0.1, 0.15) is 6.10 Å². The van der Waals surface area contributed by atoms with Crippen LogP contribution in [0.5, 0.6) is 11.5 Å². The third kappa shape index (κ3) is 9.01. The van der Waals surface area contributed by atoms with E-state index in [9.17, 15) is 24.3 Å². The molecule has 2 rings (SSSR count). The molecule has 1 fully saturated rings. The molecule has 0 saturated heterocycles. The second-order valence-corrected chi connectivity index (χ2v) is 10.4. The van der Waals surface area contributed by atoms with Crippen molar-refractivity contribution in [2.75, 3.05) is 0 Å². The Labute approximate surface area is 224 Å². The van der Waals surface area contributed by atoms with E-state index in [2.05, 4.69) is 5.32 Å². The summed E-state index contributed by atoms with van der Waals surface area (Å²) < 4.78 is 21.8. The molecule has 0 radical (unpaired) electrons. The number of esters is 2. The van der Waals surface area contributed by atoms with E-state index in [4.69, 9.17) is 18.9 Å². The number of carbonyl (C=O) groups excluding carboxylic acids is 3. The van der Waals surface area contributed by atoms with E-state index >= 15 is 0 Å². The summed E-state index contributed by atoms with van der Waals surface area (Å²) in [5.41, 5.74) is -1.79. The van der Waals surface area contributed by atoms with Gasteiger partial charge in [-0.15, -0.1) is 0 Å². The summed E-state index contributed by atoms with van der Waals surface area (Å²) >= 11 is 0. The smallest absolute Gasteiger partial charge is 0.477 e. The largest absolute Gasteiger partial charge is 0.510 e. The average Bonchev–Trinajstić information content (AvgIpc) is 2.85. The lowest BCUT2D eigenvalue weighted by molar-refractivity contribution is -0.168. The van der Waals surface area contributed by atoms with Crippen molar-refractivity contribution in [1.29, 1.82) is 0 Å². The number of carbonyl (C=O) groups is 4. The van der Waals surface area contributed by atoms with Crippen LogP contribution in [0.2, 0.25) is 0 Å². The zero-order valence-corrected chi connectivity index (χ0v) is 23.2. The van der Waals surface area contributed by atoms with Gasteiger partial charge in [-0.2, -0.15) is 0 Å². The summed E-state index contributed by atoms with van der Waals surface area (Å²) in [7, 11) is 0. The number of hydrogen-bond acceptors (Lipinski definition) is 9. The molecule has 1 unspecified atom stereocenters. The molecule has 1 aliphatic carbocycles. The minimum Gasteiger partial charge on any atom is -0.477 e. The fourth-order valence-corrected chi connectivity index (χ4v) is 3.85. The highest BCUT2D eigenvalue weighted by atomic mass is 16.7. The lowest BCUT2D eigenvalue weighted by Gasteiger charge is -2.33. The maximum Gasteiger partial charge on any atom is 0.510 e. The second kappa shape index (κ2) is 14.1. The van der Waals surface area contributed by atoms with Gasteiger partial charge in [-0.3, -0.25) is 14.9 Å². The monoisotopic (exact) mass is 535 g/mol. The van der Waals surface area contributed by atoms with E-state index in [0.29, 0.717) is 24.8 Å². The van der Waals surface area contributed by atoms with Crippen molar-refractivity contribution >= 4 is 24.1 Å². The molecule has 0 heterocycles. The van der Waals surface area contributed by atoms with Crippen molar-refractivity contribution in [2.45, 2.75) is 104 Å². The van der Waals surface area contributed by atoms with E-state index in [1.807, 2.05) is 6.92 Å². The number of ether oxygens (including phenoxy) is 4. The van der Waals surface area contributed by atoms with Gasteiger partial charge in [0.05, 0.1) is 11.8 Å². The van der Waals surface area contributed by atoms with Gasteiger partial charge in [0.25, 0.3) is 5.72 Å². The van der Waals surface area contributed by atoms with Gasteiger partial charge in [-0.05, 0) is 56.7 Å². The van der Waals surface area contributed by atoms with Gasteiger partial charge in [0.15, 0.2) is 11.5 Å². The van der Waals surface area contributed by atoms with Gasteiger partial charge in [0, 0.05) is 12.5 Å². The molecule has 10 heteroatoms. The van der Waals surface area contributed by atoms with Gasteiger partial charge >= 0.3 is 24.1 Å². The van der Waals surface area contributed by atoms with Gasteiger partial charge in [-0.1, -0.05) is 47.1 Å². The van der Waals surface area contributed by atoms with Crippen LogP contribution in [0.4, 0.5) is 4.79 Å². The van der Waals surface area contributed by atoms with Crippen LogP contribution in [0.15, 0.2) is 18.2 Å². The van der Waals surface area contributed by atoms with Crippen LogP contribution in [0.1, 0.15) is 85.6 Å². The number of hydrogen-bond donors (Lipinski definition) is 2. The molecule has 10 nitrogen and oxygen atoms in total. The van der Waals surface area contributed by atoms with Crippen molar-refractivity contribution in [3.63, 3.8) is 0 Å². The van der Waals surface area contributed by atoms with E-state index in [1.165, 1.54) is 18.2 Å². The predicted molar refractivity (Wildman–Crippen MR) is 139 cm³/mol. The third-order valence-corrected chi connectivity index (χ3v) is 6.34. The number of nitrogens with one attached hydrogen (secondary N) is 1. The Morgan fingerprint density at radius 3 is 2.05 bits per heavy atom. The van der Waals surface area contributed by atoms with Crippen molar-refractivity contribution in [3.05, 3.63) is 23.8 Å². The van der Waals surface area contributed by atoms with Crippen LogP contribution in [-0.4, -0.2) is 47.0 Å². The van der Waals surface area contributed by atoms with Crippen LogP contribution in [0.3, 0.4) is 0 Å². The lowest BCUT2D eigenvalue weighted by atomic mass is 9.98. The molecule has 0 bridgehead atoms. The van der Waals surface area contributed by atoms with E-state index in [0.717, 1.165) is 19.3 Å². The zero-order chi connectivity index (χ0) is 28.5. The first-order chi connectivity index (χ1) is 17.9. The Morgan fingerprint density at radius 1 is 0.947 bits per heavy atom. The molecule has 0 spiro atoms. The second-order valence-electron chi connectivity index (χ2n) is 10.4. The fraction of sp³-hybridized carbons (Fsp3) is 0.643. The SMILES string of the molecule is CCC(C)N[C@@](Cc1ccc(OC(=O)C(C)C)c(OC(=O)C(C)C)c1)(OC(=O)OC1CCCCC1)C(=O)O. The topological polar surface area (TPSA) is 137 Å². The first-order valence-corrected chi connectivity index (χ1v) is 13.3. The molecule has 0 amide bonds. The minimum absolute atomic E-state index is 0.0230. The Balaban J connectivity index is 2.41. The van der Waals surface area contributed by atoms with Crippen LogP contribution in [0.25, 0.3) is 0 Å². The van der Waals surface area contributed by atoms with Crippen LogP contribution in [0, 0.1) is 11.8 Å². The highest BCUT2D eigenvalue weighted by Gasteiger charge is 2.45. The summed E-state index contributed by atoms with van der Waals surface area (Å²) in [6.45, 7) is 10.3. The Morgan fingerprint density at radius 2 is 1.53 bits per heavy atom. The van der Waals surface area contributed by atoms with Gasteiger partial charge < -0.3 is 24.1 Å². The standard InChI is InChI=1S/C28H41NO9/c1-7-19(6)29-28(26(32)33,38-27(34)35-21-11-9-8-10-12-21)16-20-13-14-22(36-24(30)17(2)3)23(15-20)37-25(31)18(4)5/h13-15,17-19,21,29H,7-12,16H2,1-6H3,(H,32,33)/t19?,28-/m0/s1. The summed E-state index contributed by atoms with van der Waals surface area (Å²) in [5.74, 6) is -3.39. The normalized spacial score (nSPS) is 16.4. The van der Waals surface area contributed by atoms with Crippen LogP contribution in [-0.2, 0) is 30.3 Å². The maximum atomic E-state index is 12.7. The Hall–Kier alpha value is -3.14. The molecule has 1 aliphatic rings. The van der Waals surface area contributed by atoms with Crippen molar-refractivity contribution in [3.8, 4) is 11.5 Å². The lowest BCUT2D eigenvalue weighted by Crippen LogP contribution is -2.59. The third-order valence-electron chi connectivity index (χ3n) is 6.34. The molecule has 2 N–H and O–H groups in total. The molecular formula is C28H41NO9. The summed E-state index contributed by atoms with van der Waals surface area (Å²) in [6.07, 6.45) is 3.21. The molecule has 2 atom stereocenters. The molecule has 1 aromatic carbocycles. The van der Waals surface area contributed by atoms with Crippen molar-refractivity contribution in [2.24, 2.45) is 11.8 Å². The van der Waals surface area contributed by atoms with Crippen molar-refractivity contribution < 1.29 is 43.2 Å². The summed E-state index contributed by atoms with van der Waals surface area (Å²) in [5, 5.41) is 13.2. The summed E-state index contributed by atoms with van der Waals surface area (Å²) in [6, 6.07) is 4.05. The maximum absolute atomic E-state index is 12.7. The van der Waals surface area contributed by atoms with Crippen molar-refractivity contribution in [1.82, 2.24) is 5.32 Å². The molecule has 0 aliphatic heterocycles. The molecule has 38 heavy (non-hydrogen) atoms. The highest BCUT2D eigenvalue weighted by Crippen LogP contribution is 2.32. The molecular weight excluding hydrogens is 494 g/mol. The van der Waals surface area contributed by atoms with Gasteiger partial charge in [0.2, 0.25) is 0 Å². The molecule has 0 aromatic heterocycles. The first-order valence-electron chi connectivity index (χ1n) is 13.3. The van der Waals surface area contributed by atoms with E-state index < -0.39 is 41.6 Å². The average molecular weight is 536 g/mol. The number of rotatable bonds is 12. The molecule has 1 saturated carbocycles. The fourth-order valence-electron chi connectivity index (χ4n) is 3.85. The Kier molecular flexibility index (Phi) is 11.6. The van der Waals surface area contributed by atoms with E-state index in [1.54, 1.807) is 34.6 Å². The first kappa shape index (κ1) is 31.1. The highest BCUT2D eigenvalue weighted by molar-refractivity contribution is 5.81. The minimum atomic E-state index is -2.16. The molecule has 212 valence electrons. The quantitative estimate of drug-likeness (QED) is 0.213. The summed E-state index contributed by atoms with van der Waals surface area (Å²) in [4.78, 5) is 49.9. The van der Waals surface area contributed by atoms with Crippen LogP contribution >= 0.6 is 0 Å². The van der Waals surface area contributed by atoms with E-state index in [-0.39, 0.29) is 30.1 Å². The zero-order valence-electron chi connectivity index (χ0n) is 23.2. The Bertz CT molecular complexity index is 985. The predicted octanol–water partition coefficient (Wildman–Crippen LogP) is 5.01. The number of aliphatic carboxylic acids is 1. The van der Waals surface area contributed by atoms with Gasteiger partial charge in [-0.25, -0.2) is 9.59 Å². The van der Waals surface area contributed by atoms with Crippen LogP contribution < -0.4 is 14.8 Å².